The van der Waals surface area contributed by atoms with Gasteiger partial charge in [-0.05, 0) is 17.7 Å². The number of hydrogen-bond acceptors (Lipinski definition) is 6. The van der Waals surface area contributed by atoms with Crippen LogP contribution in [0.3, 0.4) is 0 Å². The average Bonchev–Trinajstić information content (AvgIpc) is 3.22. The molecule has 0 aliphatic heterocycles. The van der Waals surface area contributed by atoms with Crippen LogP contribution < -0.4 is 15.8 Å². The zero-order valence-corrected chi connectivity index (χ0v) is 17.0. The molecule has 0 atom stereocenters. The van der Waals surface area contributed by atoms with Crippen LogP contribution in [0.4, 0.5) is 11.5 Å². The van der Waals surface area contributed by atoms with Crippen LogP contribution in [0.5, 0.6) is 11.6 Å². The highest BCUT2D eigenvalue weighted by Crippen LogP contribution is 2.35. The van der Waals surface area contributed by atoms with Crippen molar-refractivity contribution in [2.45, 2.75) is 19.9 Å². The quantitative estimate of drug-likeness (QED) is 0.471. The summed E-state index contributed by atoms with van der Waals surface area (Å²) in [5, 5.41) is 7.25. The predicted octanol–water partition coefficient (Wildman–Crippen LogP) is 4.11. The number of hydrogen-bond donors (Lipinski definition) is 2. The summed E-state index contributed by atoms with van der Waals surface area (Å²) in [6.45, 7) is 2.42. The van der Waals surface area contributed by atoms with Crippen molar-refractivity contribution < 1.29 is 9.53 Å². The first-order valence-corrected chi connectivity index (χ1v) is 9.87. The van der Waals surface area contributed by atoms with Crippen LogP contribution in [0.1, 0.15) is 18.9 Å². The molecule has 156 valence electrons. The summed E-state index contributed by atoms with van der Waals surface area (Å²) in [6, 6.07) is 17.1. The topological polar surface area (TPSA) is 108 Å². The Morgan fingerprint density at radius 1 is 1.13 bits per heavy atom. The van der Waals surface area contributed by atoms with Crippen molar-refractivity contribution in [1.29, 1.82) is 0 Å². The third-order valence-corrected chi connectivity index (χ3v) is 4.60. The molecule has 2 aromatic heterocycles. The van der Waals surface area contributed by atoms with E-state index in [0.29, 0.717) is 41.7 Å². The Balaban J connectivity index is 1.60. The van der Waals surface area contributed by atoms with Crippen LogP contribution in [0.15, 0.2) is 73.3 Å². The number of amides is 1. The number of benzene rings is 2. The summed E-state index contributed by atoms with van der Waals surface area (Å²) < 4.78 is 7.83. The van der Waals surface area contributed by atoms with Gasteiger partial charge in [0, 0.05) is 29.9 Å². The molecule has 0 saturated carbocycles. The molecule has 0 aliphatic carbocycles. The van der Waals surface area contributed by atoms with Crippen LogP contribution in [-0.2, 0) is 11.3 Å². The molecule has 0 spiro atoms. The van der Waals surface area contributed by atoms with E-state index in [0.717, 1.165) is 11.1 Å². The van der Waals surface area contributed by atoms with Crippen molar-refractivity contribution in [2.75, 3.05) is 11.1 Å². The smallest absolute Gasteiger partial charge is 0.232 e. The number of aromatic nitrogens is 4. The zero-order chi connectivity index (χ0) is 21.6. The van der Waals surface area contributed by atoms with E-state index < -0.39 is 0 Å². The standard InChI is InChI=1S/C23H22N6O2/c1-2-20(30)28-18-9-6-10-19(11-18)31-23-21(22(24)25-15-26-23)17-12-27-29(14-17)13-16-7-4-3-5-8-16/h3-12,14-15H,2,13H2,1H3,(H,28,30)(H2,24,25,26). The van der Waals surface area contributed by atoms with Crippen molar-refractivity contribution in [2.24, 2.45) is 0 Å². The molecule has 8 heteroatoms. The fourth-order valence-electron chi connectivity index (χ4n) is 3.08. The molecule has 3 N–H and O–H groups in total. The number of carbonyl (C=O) groups excluding carboxylic acids is 1. The van der Waals surface area contributed by atoms with Gasteiger partial charge in [-0.1, -0.05) is 43.3 Å². The number of nitrogens with two attached hydrogens (primary N) is 1. The zero-order valence-electron chi connectivity index (χ0n) is 17.0. The lowest BCUT2D eigenvalue weighted by molar-refractivity contribution is -0.115. The summed E-state index contributed by atoms with van der Waals surface area (Å²) in [6.07, 6.45) is 5.34. The van der Waals surface area contributed by atoms with Gasteiger partial charge in [0.2, 0.25) is 11.8 Å². The number of nitrogens with zero attached hydrogens (tertiary/aromatic N) is 4. The van der Waals surface area contributed by atoms with E-state index in [1.54, 1.807) is 37.4 Å². The Kier molecular flexibility index (Phi) is 5.89. The van der Waals surface area contributed by atoms with E-state index in [-0.39, 0.29) is 5.91 Å². The van der Waals surface area contributed by atoms with Gasteiger partial charge in [0.1, 0.15) is 17.9 Å². The van der Waals surface area contributed by atoms with E-state index in [1.165, 1.54) is 6.33 Å². The van der Waals surface area contributed by atoms with E-state index in [1.807, 2.05) is 41.2 Å². The largest absolute Gasteiger partial charge is 0.438 e. The third kappa shape index (κ3) is 4.87. The Morgan fingerprint density at radius 3 is 2.77 bits per heavy atom. The van der Waals surface area contributed by atoms with Crippen molar-refractivity contribution in [3.63, 3.8) is 0 Å². The van der Waals surface area contributed by atoms with Crippen molar-refractivity contribution >= 4 is 17.4 Å². The molecule has 0 aliphatic rings. The van der Waals surface area contributed by atoms with Crippen molar-refractivity contribution in [3.8, 4) is 22.8 Å². The molecule has 0 saturated heterocycles. The molecule has 0 radical (unpaired) electrons. The average molecular weight is 414 g/mol. The monoisotopic (exact) mass is 414 g/mol. The Bertz CT molecular complexity index is 1190. The molecule has 0 unspecified atom stereocenters. The third-order valence-electron chi connectivity index (χ3n) is 4.60. The first-order chi connectivity index (χ1) is 15.1. The van der Waals surface area contributed by atoms with E-state index in [9.17, 15) is 4.79 Å². The Morgan fingerprint density at radius 2 is 1.97 bits per heavy atom. The molecule has 8 nitrogen and oxygen atoms in total. The highest BCUT2D eigenvalue weighted by molar-refractivity contribution is 5.90. The van der Waals surface area contributed by atoms with Gasteiger partial charge in [-0.15, -0.1) is 0 Å². The fraction of sp³-hybridized carbons (Fsp3) is 0.130. The second kappa shape index (κ2) is 9.08. The molecule has 1 amide bonds. The predicted molar refractivity (Wildman–Crippen MR) is 119 cm³/mol. The summed E-state index contributed by atoms with van der Waals surface area (Å²) in [5.74, 6) is 1.05. The normalized spacial score (nSPS) is 10.6. The maximum absolute atomic E-state index is 11.7. The number of ether oxygens (including phenoxy) is 1. The van der Waals surface area contributed by atoms with E-state index in [4.69, 9.17) is 10.5 Å². The van der Waals surface area contributed by atoms with Gasteiger partial charge in [-0.2, -0.15) is 5.10 Å². The molecule has 4 rings (SSSR count). The van der Waals surface area contributed by atoms with Crippen LogP contribution in [0.25, 0.3) is 11.1 Å². The maximum atomic E-state index is 11.7. The van der Waals surface area contributed by atoms with E-state index >= 15 is 0 Å². The minimum Gasteiger partial charge on any atom is -0.438 e. The molecule has 0 bridgehead atoms. The van der Waals surface area contributed by atoms with Crippen molar-refractivity contribution in [3.05, 3.63) is 78.9 Å². The minimum atomic E-state index is -0.0741. The highest BCUT2D eigenvalue weighted by Gasteiger charge is 2.16. The van der Waals surface area contributed by atoms with Gasteiger partial charge in [0.05, 0.1) is 18.3 Å². The van der Waals surface area contributed by atoms with Crippen LogP contribution >= 0.6 is 0 Å². The summed E-state index contributed by atoms with van der Waals surface area (Å²) >= 11 is 0. The first kappa shape index (κ1) is 20.1. The number of anilines is 2. The molecule has 31 heavy (non-hydrogen) atoms. The first-order valence-electron chi connectivity index (χ1n) is 9.87. The maximum Gasteiger partial charge on any atom is 0.232 e. The summed E-state index contributed by atoms with van der Waals surface area (Å²) in [4.78, 5) is 20.1. The molecule has 2 aromatic carbocycles. The fourth-order valence-corrected chi connectivity index (χ4v) is 3.08. The lowest BCUT2D eigenvalue weighted by Crippen LogP contribution is -2.09. The van der Waals surface area contributed by atoms with Gasteiger partial charge < -0.3 is 15.8 Å². The minimum absolute atomic E-state index is 0.0741. The SMILES string of the molecule is CCC(=O)Nc1cccc(Oc2ncnc(N)c2-c2cnn(Cc3ccccc3)c2)c1. The number of nitrogens with one attached hydrogen (secondary N) is 1. The van der Waals surface area contributed by atoms with Gasteiger partial charge in [-0.25, -0.2) is 9.97 Å². The summed E-state index contributed by atoms with van der Waals surface area (Å²) in [7, 11) is 0. The molecular weight excluding hydrogens is 392 g/mol. The van der Waals surface area contributed by atoms with E-state index in [2.05, 4.69) is 20.4 Å². The summed E-state index contributed by atoms with van der Waals surface area (Å²) in [5.41, 5.74) is 9.25. The Hall–Kier alpha value is -4.20. The molecule has 0 fully saturated rings. The number of carbonyl (C=O) groups is 1. The lowest BCUT2D eigenvalue weighted by atomic mass is 10.1. The van der Waals surface area contributed by atoms with Gasteiger partial charge in [-0.3, -0.25) is 9.48 Å². The second-order valence-corrected chi connectivity index (χ2v) is 6.88. The van der Waals surface area contributed by atoms with Crippen LogP contribution in [0, 0.1) is 0 Å². The van der Waals surface area contributed by atoms with Crippen LogP contribution in [-0.4, -0.2) is 25.7 Å². The highest BCUT2D eigenvalue weighted by atomic mass is 16.5. The molecule has 4 aromatic rings. The van der Waals surface area contributed by atoms with Gasteiger partial charge >= 0.3 is 0 Å². The second-order valence-electron chi connectivity index (χ2n) is 6.88. The van der Waals surface area contributed by atoms with Gasteiger partial charge in [0.25, 0.3) is 0 Å². The number of nitrogen functional groups attached to an aromatic ring is 1. The molecule has 2 heterocycles. The van der Waals surface area contributed by atoms with Crippen LogP contribution in [0.2, 0.25) is 0 Å². The molecular formula is C23H22N6O2. The van der Waals surface area contributed by atoms with Crippen molar-refractivity contribution in [1.82, 2.24) is 19.7 Å². The lowest BCUT2D eigenvalue weighted by Gasteiger charge is -2.11. The number of rotatable bonds is 7. The Labute approximate surface area is 179 Å². The van der Waals surface area contributed by atoms with Gasteiger partial charge in [0.15, 0.2) is 0 Å².